The average molecular weight is 428 g/mol. The molecule has 0 spiro atoms. The van der Waals surface area contributed by atoms with E-state index in [1.165, 1.54) is 22.3 Å². The van der Waals surface area contributed by atoms with Gasteiger partial charge in [-0.05, 0) is 23.6 Å². The minimum Gasteiger partial charge on any atom is -0.493 e. The molecule has 0 aliphatic heterocycles. The standard InChI is InChI=1S/C20H17N3O4S2/c1-25-14-7-12(8-15(26-2)18(14)27-3)9-22-23-11-21-19-17(20(23)24)13(10-29-19)16-5-4-6-28-16/h4-11H,1-3H3/b22-9-. The third kappa shape index (κ3) is 3.50. The van der Waals surface area contributed by atoms with Crippen LogP contribution < -0.4 is 19.8 Å². The van der Waals surface area contributed by atoms with Crippen LogP contribution in [0.25, 0.3) is 20.7 Å². The minimum atomic E-state index is -0.219. The molecule has 0 unspecified atom stereocenters. The molecule has 1 aromatic carbocycles. The first kappa shape index (κ1) is 19.2. The zero-order valence-corrected chi connectivity index (χ0v) is 17.5. The Morgan fingerprint density at radius 2 is 1.86 bits per heavy atom. The van der Waals surface area contributed by atoms with Crippen molar-refractivity contribution in [2.75, 3.05) is 21.3 Å². The maximum atomic E-state index is 13.0. The average Bonchev–Trinajstić information content (AvgIpc) is 3.42. The molecule has 0 radical (unpaired) electrons. The lowest BCUT2D eigenvalue weighted by molar-refractivity contribution is 0.324. The van der Waals surface area contributed by atoms with E-state index in [4.69, 9.17) is 14.2 Å². The molecule has 0 fully saturated rings. The SMILES string of the molecule is COc1cc(/C=N\n2cnc3scc(-c4cccs4)c3c2=O)cc(OC)c1OC. The molecule has 29 heavy (non-hydrogen) atoms. The number of aromatic nitrogens is 2. The molecule has 4 aromatic rings. The second-order valence-electron chi connectivity index (χ2n) is 5.90. The van der Waals surface area contributed by atoms with Crippen molar-refractivity contribution >= 4 is 39.1 Å². The molecule has 3 heterocycles. The number of thiophene rings is 2. The summed E-state index contributed by atoms with van der Waals surface area (Å²) in [7, 11) is 4.63. The summed E-state index contributed by atoms with van der Waals surface area (Å²) in [6.45, 7) is 0. The summed E-state index contributed by atoms with van der Waals surface area (Å²) in [5.74, 6) is 1.50. The molecule has 0 atom stereocenters. The molecule has 9 heteroatoms. The van der Waals surface area contributed by atoms with Gasteiger partial charge in [0.05, 0.1) is 32.9 Å². The summed E-state index contributed by atoms with van der Waals surface area (Å²) in [5, 5.41) is 8.82. The van der Waals surface area contributed by atoms with Gasteiger partial charge in [0.1, 0.15) is 11.2 Å². The number of methoxy groups -OCH3 is 3. The Hall–Kier alpha value is -3.17. The Bertz CT molecular complexity index is 1220. The fourth-order valence-corrected chi connectivity index (χ4v) is 4.64. The first-order valence-corrected chi connectivity index (χ1v) is 10.3. The molecule has 7 nitrogen and oxygen atoms in total. The van der Waals surface area contributed by atoms with Gasteiger partial charge in [0.15, 0.2) is 11.5 Å². The van der Waals surface area contributed by atoms with Gasteiger partial charge in [0.2, 0.25) is 5.75 Å². The molecule has 0 aliphatic rings. The van der Waals surface area contributed by atoms with Crippen LogP contribution in [0.3, 0.4) is 0 Å². The van der Waals surface area contributed by atoms with Gasteiger partial charge in [-0.15, -0.1) is 22.7 Å². The topological polar surface area (TPSA) is 74.9 Å². The fourth-order valence-electron chi connectivity index (χ4n) is 2.92. The van der Waals surface area contributed by atoms with Gasteiger partial charge in [-0.2, -0.15) is 9.78 Å². The molecule has 0 aliphatic carbocycles. The van der Waals surface area contributed by atoms with Gasteiger partial charge >= 0.3 is 0 Å². The highest BCUT2D eigenvalue weighted by Crippen LogP contribution is 2.38. The zero-order chi connectivity index (χ0) is 20.4. The Balaban J connectivity index is 1.77. The molecule has 4 rings (SSSR count). The van der Waals surface area contributed by atoms with E-state index in [1.54, 1.807) is 51.0 Å². The highest BCUT2D eigenvalue weighted by molar-refractivity contribution is 7.18. The Labute approximate surface area is 174 Å². The van der Waals surface area contributed by atoms with Crippen LogP contribution in [0.5, 0.6) is 17.2 Å². The maximum Gasteiger partial charge on any atom is 0.283 e. The van der Waals surface area contributed by atoms with Gasteiger partial charge in [0.25, 0.3) is 5.56 Å². The highest BCUT2D eigenvalue weighted by atomic mass is 32.1. The molecule has 0 N–H and O–H groups in total. The van der Waals surface area contributed by atoms with Crippen molar-refractivity contribution in [2.45, 2.75) is 0 Å². The third-order valence-corrected chi connectivity index (χ3v) is 6.07. The van der Waals surface area contributed by atoms with Crippen molar-refractivity contribution in [3.8, 4) is 27.7 Å². The molecule has 0 saturated heterocycles. The number of nitrogens with zero attached hydrogens (tertiary/aromatic N) is 3. The normalized spacial score (nSPS) is 11.3. The van der Waals surface area contributed by atoms with E-state index < -0.39 is 0 Å². The maximum absolute atomic E-state index is 13.0. The van der Waals surface area contributed by atoms with Crippen molar-refractivity contribution in [1.29, 1.82) is 0 Å². The molecule has 0 saturated carbocycles. The Morgan fingerprint density at radius 1 is 1.10 bits per heavy atom. The number of hydrogen-bond donors (Lipinski definition) is 0. The fraction of sp³-hybridized carbons (Fsp3) is 0.150. The minimum absolute atomic E-state index is 0.219. The van der Waals surface area contributed by atoms with Gasteiger partial charge in [-0.3, -0.25) is 4.79 Å². The smallest absolute Gasteiger partial charge is 0.283 e. The van der Waals surface area contributed by atoms with Gasteiger partial charge < -0.3 is 14.2 Å². The lowest BCUT2D eigenvalue weighted by atomic mass is 10.2. The van der Waals surface area contributed by atoms with Crippen LogP contribution in [-0.4, -0.2) is 37.2 Å². The van der Waals surface area contributed by atoms with Crippen LogP contribution in [0.4, 0.5) is 0 Å². The number of benzene rings is 1. The van der Waals surface area contributed by atoms with E-state index in [-0.39, 0.29) is 5.56 Å². The summed E-state index contributed by atoms with van der Waals surface area (Å²) < 4.78 is 17.3. The van der Waals surface area contributed by atoms with Crippen LogP contribution >= 0.6 is 22.7 Å². The number of hydrogen-bond acceptors (Lipinski definition) is 8. The quantitative estimate of drug-likeness (QED) is 0.433. The molecular formula is C20H17N3O4S2. The van der Waals surface area contributed by atoms with Crippen LogP contribution in [0, 0.1) is 0 Å². The lowest BCUT2D eigenvalue weighted by Gasteiger charge is -2.12. The number of rotatable bonds is 6. The Morgan fingerprint density at radius 3 is 2.48 bits per heavy atom. The molecule has 148 valence electrons. The molecular weight excluding hydrogens is 410 g/mol. The monoisotopic (exact) mass is 427 g/mol. The van der Waals surface area contributed by atoms with Gasteiger partial charge in [-0.1, -0.05) is 6.07 Å². The second-order valence-corrected chi connectivity index (χ2v) is 7.71. The van der Waals surface area contributed by atoms with E-state index in [1.807, 2.05) is 22.9 Å². The van der Waals surface area contributed by atoms with E-state index in [0.29, 0.717) is 33.0 Å². The molecule has 0 bridgehead atoms. The molecule has 0 amide bonds. The van der Waals surface area contributed by atoms with Crippen LogP contribution in [0.2, 0.25) is 0 Å². The third-order valence-electron chi connectivity index (χ3n) is 4.28. The van der Waals surface area contributed by atoms with Crippen LogP contribution in [0.15, 0.2) is 51.2 Å². The first-order valence-electron chi connectivity index (χ1n) is 8.53. The van der Waals surface area contributed by atoms with Crippen LogP contribution in [0.1, 0.15) is 5.56 Å². The molecule has 3 aromatic heterocycles. The Kier molecular flexibility index (Phi) is 5.32. The zero-order valence-electron chi connectivity index (χ0n) is 15.9. The van der Waals surface area contributed by atoms with Gasteiger partial charge in [-0.25, -0.2) is 4.98 Å². The van der Waals surface area contributed by atoms with Crippen LogP contribution in [-0.2, 0) is 0 Å². The summed E-state index contributed by atoms with van der Waals surface area (Å²) in [6.07, 6.45) is 2.98. The van der Waals surface area contributed by atoms with Crippen molar-refractivity contribution < 1.29 is 14.2 Å². The summed E-state index contributed by atoms with van der Waals surface area (Å²) in [6, 6.07) is 7.45. The second kappa shape index (κ2) is 8.06. The van der Waals surface area contributed by atoms with Crippen molar-refractivity contribution in [3.63, 3.8) is 0 Å². The van der Waals surface area contributed by atoms with Gasteiger partial charge in [0, 0.05) is 21.4 Å². The predicted octanol–water partition coefficient (Wildman–Crippen LogP) is 4.09. The first-order chi connectivity index (χ1) is 14.2. The van der Waals surface area contributed by atoms with E-state index >= 15 is 0 Å². The lowest BCUT2D eigenvalue weighted by Crippen LogP contribution is -2.16. The number of fused-ring (bicyclic) bond motifs is 1. The van der Waals surface area contributed by atoms with E-state index in [2.05, 4.69) is 10.1 Å². The summed E-state index contributed by atoms with van der Waals surface area (Å²) >= 11 is 3.03. The van der Waals surface area contributed by atoms with Crippen molar-refractivity contribution in [1.82, 2.24) is 9.66 Å². The number of ether oxygens (including phenoxy) is 3. The summed E-state index contributed by atoms with van der Waals surface area (Å²) in [5.41, 5.74) is 1.36. The highest BCUT2D eigenvalue weighted by Gasteiger charge is 2.14. The largest absolute Gasteiger partial charge is 0.493 e. The van der Waals surface area contributed by atoms with E-state index in [9.17, 15) is 4.79 Å². The van der Waals surface area contributed by atoms with Crippen molar-refractivity contribution in [3.05, 3.63) is 57.3 Å². The van der Waals surface area contributed by atoms with Crippen molar-refractivity contribution in [2.24, 2.45) is 5.10 Å². The van der Waals surface area contributed by atoms with E-state index in [0.717, 1.165) is 10.4 Å². The summed E-state index contributed by atoms with van der Waals surface area (Å²) in [4.78, 5) is 19.1. The predicted molar refractivity (Wildman–Crippen MR) is 116 cm³/mol.